The first kappa shape index (κ1) is 15.1. The SMILES string of the molecule is CCCNC(=O)Cc1csc(CCCCCN)n1. The predicted molar refractivity (Wildman–Crippen MR) is 75.7 cm³/mol. The summed E-state index contributed by atoms with van der Waals surface area (Å²) in [5.74, 6) is 0.0665. The number of rotatable bonds is 9. The van der Waals surface area contributed by atoms with Gasteiger partial charge in [-0.1, -0.05) is 13.3 Å². The van der Waals surface area contributed by atoms with Gasteiger partial charge in [0.25, 0.3) is 0 Å². The van der Waals surface area contributed by atoms with Crippen LogP contribution < -0.4 is 11.1 Å². The molecule has 1 rings (SSSR count). The highest BCUT2D eigenvalue weighted by Crippen LogP contribution is 2.13. The Labute approximate surface area is 113 Å². The molecule has 0 aliphatic heterocycles. The normalized spacial score (nSPS) is 10.6. The molecule has 1 heterocycles. The molecule has 1 aromatic rings. The monoisotopic (exact) mass is 269 g/mol. The summed E-state index contributed by atoms with van der Waals surface area (Å²) in [7, 11) is 0. The molecule has 0 aliphatic rings. The number of hydrogen-bond donors (Lipinski definition) is 2. The molecule has 5 heteroatoms. The van der Waals surface area contributed by atoms with E-state index in [1.165, 1.54) is 0 Å². The first-order valence-corrected chi connectivity index (χ1v) is 7.54. The van der Waals surface area contributed by atoms with Crippen LogP contribution in [0, 0.1) is 0 Å². The van der Waals surface area contributed by atoms with Crippen molar-refractivity contribution in [3.8, 4) is 0 Å². The summed E-state index contributed by atoms with van der Waals surface area (Å²) in [5.41, 5.74) is 6.34. The second kappa shape index (κ2) is 9.05. The van der Waals surface area contributed by atoms with Crippen molar-refractivity contribution in [2.75, 3.05) is 13.1 Å². The van der Waals surface area contributed by atoms with Crippen molar-refractivity contribution in [1.29, 1.82) is 0 Å². The third-order valence-corrected chi connectivity index (χ3v) is 3.57. The lowest BCUT2D eigenvalue weighted by Gasteiger charge is -2.00. The lowest BCUT2D eigenvalue weighted by atomic mass is 10.2. The van der Waals surface area contributed by atoms with Crippen molar-refractivity contribution in [2.24, 2.45) is 5.73 Å². The second-order valence-corrected chi connectivity index (χ2v) is 5.30. The molecule has 0 aromatic carbocycles. The Balaban J connectivity index is 2.27. The van der Waals surface area contributed by atoms with Crippen LogP contribution in [-0.2, 0) is 17.6 Å². The maximum atomic E-state index is 11.5. The van der Waals surface area contributed by atoms with E-state index in [9.17, 15) is 4.79 Å². The molecule has 0 atom stereocenters. The van der Waals surface area contributed by atoms with Gasteiger partial charge in [0.05, 0.1) is 17.1 Å². The smallest absolute Gasteiger partial charge is 0.226 e. The quantitative estimate of drug-likeness (QED) is 0.673. The molecular formula is C13H23N3OS. The van der Waals surface area contributed by atoms with Gasteiger partial charge in [0.15, 0.2) is 0 Å². The van der Waals surface area contributed by atoms with Gasteiger partial charge in [-0.2, -0.15) is 0 Å². The van der Waals surface area contributed by atoms with E-state index in [1.807, 2.05) is 12.3 Å². The van der Waals surface area contributed by atoms with Crippen LogP contribution in [0.4, 0.5) is 0 Å². The maximum Gasteiger partial charge on any atom is 0.226 e. The van der Waals surface area contributed by atoms with Gasteiger partial charge in [0, 0.05) is 11.9 Å². The fraction of sp³-hybridized carbons (Fsp3) is 0.692. The van der Waals surface area contributed by atoms with Crippen molar-refractivity contribution in [3.63, 3.8) is 0 Å². The summed E-state index contributed by atoms with van der Waals surface area (Å²) in [6, 6.07) is 0. The summed E-state index contributed by atoms with van der Waals surface area (Å²) >= 11 is 1.65. The molecule has 0 saturated heterocycles. The molecule has 0 saturated carbocycles. The largest absolute Gasteiger partial charge is 0.356 e. The number of carbonyl (C=O) groups excluding carboxylic acids is 1. The number of aryl methyl sites for hydroxylation is 1. The molecule has 3 N–H and O–H groups in total. The molecule has 102 valence electrons. The average Bonchev–Trinajstić information content (AvgIpc) is 2.80. The van der Waals surface area contributed by atoms with E-state index in [1.54, 1.807) is 11.3 Å². The zero-order valence-electron chi connectivity index (χ0n) is 11.1. The van der Waals surface area contributed by atoms with Gasteiger partial charge in [-0.3, -0.25) is 4.79 Å². The van der Waals surface area contributed by atoms with Crippen LogP contribution in [0.1, 0.15) is 43.3 Å². The Morgan fingerprint density at radius 1 is 1.44 bits per heavy atom. The molecule has 0 aliphatic carbocycles. The predicted octanol–water partition coefficient (Wildman–Crippen LogP) is 1.88. The highest BCUT2D eigenvalue weighted by Gasteiger charge is 2.06. The zero-order chi connectivity index (χ0) is 13.2. The maximum absolute atomic E-state index is 11.5. The number of nitrogens with zero attached hydrogens (tertiary/aromatic N) is 1. The summed E-state index contributed by atoms with van der Waals surface area (Å²) in [5, 5.41) is 5.98. The molecule has 0 radical (unpaired) electrons. The fourth-order valence-electron chi connectivity index (χ4n) is 1.63. The van der Waals surface area contributed by atoms with Gasteiger partial charge < -0.3 is 11.1 Å². The summed E-state index contributed by atoms with van der Waals surface area (Å²) in [4.78, 5) is 16.0. The summed E-state index contributed by atoms with van der Waals surface area (Å²) in [6.07, 6.45) is 5.74. The Kier molecular flexibility index (Phi) is 7.60. The highest BCUT2D eigenvalue weighted by molar-refractivity contribution is 7.09. The molecule has 4 nitrogen and oxygen atoms in total. The van der Waals surface area contributed by atoms with Gasteiger partial charge in [-0.15, -0.1) is 11.3 Å². The van der Waals surface area contributed by atoms with Crippen molar-refractivity contribution < 1.29 is 4.79 Å². The second-order valence-electron chi connectivity index (χ2n) is 4.36. The summed E-state index contributed by atoms with van der Waals surface area (Å²) in [6.45, 7) is 3.55. The highest BCUT2D eigenvalue weighted by atomic mass is 32.1. The number of carbonyl (C=O) groups is 1. The molecular weight excluding hydrogens is 246 g/mol. The van der Waals surface area contributed by atoms with E-state index in [2.05, 4.69) is 10.3 Å². The van der Waals surface area contributed by atoms with Crippen LogP contribution in [0.3, 0.4) is 0 Å². The molecule has 0 spiro atoms. The molecule has 18 heavy (non-hydrogen) atoms. The third kappa shape index (κ3) is 6.12. The Hall–Kier alpha value is -0.940. The first-order chi connectivity index (χ1) is 8.76. The number of aromatic nitrogens is 1. The fourth-order valence-corrected chi connectivity index (χ4v) is 2.47. The molecule has 1 aromatic heterocycles. The number of hydrogen-bond acceptors (Lipinski definition) is 4. The lowest BCUT2D eigenvalue weighted by molar-refractivity contribution is -0.120. The van der Waals surface area contributed by atoms with Crippen LogP contribution in [0.2, 0.25) is 0 Å². The first-order valence-electron chi connectivity index (χ1n) is 6.66. The third-order valence-electron chi connectivity index (χ3n) is 2.61. The van der Waals surface area contributed by atoms with Gasteiger partial charge in [0.1, 0.15) is 0 Å². The number of nitrogens with one attached hydrogen (secondary N) is 1. The topological polar surface area (TPSA) is 68.0 Å². The van der Waals surface area contributed by atoms with Crippen LogP contribution in [0.25, 0.3) is 0 Å². The minimum absolute atomic E-state index is 0.0665. The van der Waals surface area contributed by atoms with Crippen molar-refractivity contribution in [1.82, 2.24) is 10.3 Å². The molecule has 0 unspecified atom stereocenters. The van der Waals surface area contributed by atoms with Crippen LogP contribution in [0.5, 0.6) is 0 Å². The van der Waals surface area contributed by atoms with Gasteiger partial charge in [0.2, 0.25) is 5.91 Å². The Bertz CT molecular complexity index is 352. The molecule has 1 amide bonds. The molecule has 0 bridgehead atoms. The summed E-state index contributed by atoms with van der Waals surface area (Å²) < 4.78 is 0. The van der Waals surface area contributed by atoms with Gasteiger partial charge >= 0.3 is 0 Å². The van der Waals surface area contributed by atoms with Crippen LogP contribution in [0.15, 0.2) is 5.38 Å². The van der Waals surface area contributed by atoms with E-state index < -0.39 is 0 Å². The van der Waals surface area contributed by atoms with E-state index in [-0.39, 0.29) is 5.91 Å². The van der Waals surface area contributed by atoms with E-state index in [0.717, 1.165) is 55.9 Å². The van der Waals surface area contributed by atoms with Gasteiger partial charge in [-0.05, 0) is 32.2 Å². The zero-order valence-corrected chi connectivity index (χ0v) is 11.9. The minimum Gasteiger partial charge on any atom is -0.356 e. The van der Waals surface area contributed by atoms with Crippen LogP contribution in [-0.4, -0.2) is 24.0 Å². The standard InChI is InChI=1S/C13H23N3OS/c1-2-8-15-12(17)9-11-10-18-13(16-11)6-4-3-5-7-14/h10H,2-9,14H2,1H3,(H,15,17). The van der Waals surface area contributed by atoms with Crippen molar-refractivity contribution in [2.45, 2.75) is 45.4 Å². The average molecular weight is 269 g/mol. The number of amides is 1. The van der Waals surface area contributed by atoms with E-state index >= 15 is 0 Å². The van der Waals surface area contributed by atoms with E-state index in [0.29, 0.717) is 6.42 Å². The van der Waals surface area contributed by atoms with E-state index in [4.69, 9.17) is 5.73 Å². The number of unbranched alkanes of at least 4 members (excludes halogenated alkanes) is 2. The Morgan fingerprint density at radius 3 is 3.00 bits per heavy atom. The molecule has 0 fully saturated rings. The van der Waals surface area contributed by atoms with Crippen molar-refractivity contribution in [3.05, 3.63) is 16.1 Å². The van der Waals surface area contributed by atoms with Crippen molar-refractivity contribution >= 4 is 17.2 Å². The Morgan fingerprint density at radius 2 is 2.28 bits per heavy atom. The minimum atomic E-state index is 0.0665. The lowest BCUT2D eigenvalue weighted by Crippen LogP contribution is -2.25. The number of thiazole rings is 1. The number of nitrogens with two attached hydrogens (primary N) is 1. The van der Waals surface area contributed by atoms with Gasteiger partial charge in [-0.25, -0.2) is 4.98 Å². The van der Waals surface area contributed by atoms with Crippen LogP contribution >= 0.6 is 11.3 Å².